The van der Waals surface area contributed by atoms with Crippen LogP contribution in [0.25, 0.3) is 0 Å². The lowest BCUT2D eigenvalue weighted by atomic mass is 9.91. The number of benzene rings is 2. The fraction of sp³-hybridized carbons (Fsp3) is 0.381. The lowest BCUT2D eigenvalue weighted by Crippen LogP contribution is -2.31. The molecule has 2 aromatic carbocycles. The van der Waals surface area contributed by atoms with Crippen LogP contribution in [-0.4, -0.2) is 12.0 Å². The van der Waals surface area contributed by atoms with Gasteiger partial charge in [-0.2, -0.15) is 0 Å². The fourth-order valence-electron chi connectivity index (χ4n) is 3.29. The Morgan fingerprint density at radius 2 is 1.92 bits per heavy atom. The van der Waals surface area contributed by atoms with E-state index >= 15 is 0 Å². The van der Waals surface area contributed by atoms with Crippen LogP contribution in [0.3, 0.4) is 0 Å². The quantitative estimate of drug-likeness (QED) is 0.877. The van der Waals surface area contributed by atoms with E-state index in [0.29, 0.717) is 0 Å². The number of ether oxygens (including phenoxy) is 1. The fourth-order valence-corrected chi connectivity index (χ4v) is 3.29. The summed E-state index contributed by atoms with van der Waals surface area (Å²) < 4.78 is 6.01. The molecule has 0 fully saturated rings. The minimum Gasteiger partial charge on any atom is -0.481 e. The summed E-state index contributed by atoms with van der Waals surface area (Å²) in [4.78, 5) is 12.5. The molecule has 0 heterocycles. The maximum atomic E-state index is 12.5. The molecule has 1 amide bonds. The predicted molar refractivity (Wildman–Crippen MR) is 97.6 cm³/mol. The highest BCUT2D eigenvalue weighted by Gasteiger charge is 2.20. The summed E-state index contributed by atoms with van der Waals surface area (Å²) in [6, 6.07) is 14.1. The minimum atomic E-state index is -0.525. The summed E-state index contributed by atoms with van der Waals surface area (Å²) in [6.07, 6.45) is 4.94. The molecule has 3 rings (SSSR count). The van der Waals surface area contributed by atoms with Crippen LogP contribution in [0.15, 0.2) is 42.5 Å². The number of para-hydroxylation sites is 1. The Morgan fingerprint density at radius 1 is 1.12 bits per heavy atom. The third-order valence-electron chi connectivity index (χ3n) is 4.68. The van der Waals surface area contributed by atoms with Crippen LogP contribution in [-0.2, 0) is 24.1 Å². The molecule has 0 saturated carbocycles. The van der Waals surface area contributed by atoms with E-state index in [1.807, 2.05) is 43.3 Å². The van der Waals surface area contributed by atoms with Crippen molar-refractivity contribution in [3.63, 3.8) is 0 Å². The van der Waals surface area contributed by atoms with E-state index in [1.54, 1.807) is 0 Å². The predicted octanol–water partition coefficient (Wildman–Crippen LogP) is 4.53. The van der Waals surface area contributed by atoms with E-state index in [4.69, 9.17) is 4.74 Å². The van der Waals surface area contributed by atoms with Gasteiger partial charge < -0.3 is 10.1 Å². The maximum absolute atomic E-state index is 12.5. The highest BCUT2D eigenvalue weighted by atomic mass is 16.5. The Bertz CT molecular complexity index is 724. The summed E-state index contributed by atoms with van der Waals surface area (Å²) in [6.45, 7) is 3.90. The van der Waals surface area contributed by atoms with Crippen LogP contribution >= 0.6 is 0 Å². The molecular formula is C21H25NO2. The average Bonchev–Trinajstić information content (AvgIpc) is 2.62. The second kappa shape index (κ2) is 7.52. The van der Waals surface area contributed by atoms with Gasteiger partial charge in [-0.3, -0.25) is 4.79 Å². The van der Waals surface area contributed by atoms with Gasteiger partial charge in [0, 0.05) is 5.69 Å². The van der Waals surface area contributed by atoms with E-state index in [9.17, 15) is 4.79 Å². The van der Waals surface area contributed by atoms with E-state index in [2.05, 4.69) is 18.3 Å². The minimum absolute atomic E-state index is 0.107. The zero-order valence-electron chi connectivity index (χ0n) is 14.5. The molecule has 24 heavy (non-hydrogen) atoms. The largest absolute Gasteiger partial charge is 0.481 e. The number of aryl methyl sites for hydroxylation is 2. The van der Waals surface area contributed by atoms with E-state index in [0.717, 1.165) is 36.3 Å². The highest BCUT2D eigenvalue weighted by molar-refractivity contribution is 5.94. The molecule has 1 aliphatic carbocycles. The smallest absolute Gasteiger partial charge is 0.265 e. The third kappa shape index (κ3) is 3.61. The van der Waals surface area contributed by atoms with Crippen molar-refractivity contribution in [1.82, 2.24) is 0 Å². The highest BCUT2D eigenvalue weighted by Crippen LogP contribution is 2.30. The van der Waals surface area contributed by atoms with Crippen LogP contribution in [0.1, 0.15) is 43.4 Å². The molecule has 0 radical (unpaired) electrons. The molecule has 126 valence electrons. The van der Waals surface area contributed by atoms with Crippen LogP contribution in [0.2, 0.25) is 0 Å². The van der Waals surface area contributed by atoms with Gasteiger partial charge in [0.1, 0.15) is 5.75 Å². The van der Waals surface area contributed by atoms with Gasteiger partial charge in [0.2, 0.25) is 0 Å². The number of nitrogens with one attached hydrogen (secondary N) is 1. The molecule has 1 N–H and O–H groups in total. The van der Waals surface area contributed by atoms with Gasteiger partial charge in [0.05, 0.1) is 0 Å². The number of anilines is 1. The Balaban J connectivity index is 1.71. The first-order valence-corrected chi connectivity index (χ1v) is 8.85. The van der Waals surface area contributed by atoms with Gasteiger partial charge in [-0.15, -0.1) is 0 Å². The first-order chi connectivity index (χ1) is 11.7. The number of hydrogen-bond donors (Lipinski definition) is 1. The number of rotatable bonds is 5. The molecule has 0 aliphatic heterocycles. The Kier molecular flexibility index (Phi) is 5.19. The van der Waals surface area contributed by atoms with Crippen molar-refractivity contribution < 1.29 is 9.53 Å². The summed E-state index contributed by atoms with van der Waals surface area (Å²) in [5.74, 6) is 0.753. The van der Waals surface area contributed by atoms with Crippen molar-refractivity contribution in [3.8, 4) is 5.75 Å². The van der Waals surface area contributed by atoms with Crippen molar-refractivity contribution >= 4 is 11.6 Å². The SMILES string of the molecule is CCc1ccccc1NC(=O)C(C)Oc1cccc2c1CCCC2. The van der Waals surface area contributed by atoms with Crippen molar-refractivity contribution in [3.05, 3.63) is 59.2 Å². The zero-order chi connectivity index (χ0) is 16.9. The number of carbonyl (C=O) groups is 1. The molecule has 1 aliphatic rings. The molecule has 0 bridgehead atoms. The molecule has 0 aromatic heterocycles. The number of carbonyl (C=O) groups excluding carboxylic acids is 1. The summed E-state index contributed by atoms with van der Waals surface area (Å²) in [5.41, 5.74) is 4.64. The number of hydrogen-bond acceptors (Lipinski definition) is 2. The normalized spacial score (nSPS) is 14.6. The van der Waals surface area contributed by atoms with Crippen LogP contribution in [0.4, 0.5) is 5.69 Å². The first-order valence-electron chi connectivity index (χ1n) is 8.85. The molecule has 3 nitrogen and oxygen atoms in total. The standard InChI is InChI=1S/C21H25NO2/c1-3-16-9-5-7-13-19(16)22-21(23)15(2)24-20-14-8-11-17-10-4-6-12-18(17)20/h5,7-9,11,13-15H,3-4,6,10,12H2,1-2H3,(H,22,23). The van der Waals surface area contributed by atoms with E-state index in [1.165, 1.54) is 24.0 Å². The molecule has 1 unspecified atom stereocenters. The molecule has 1 atom stereocenters. The molecule has 0 saturated heterocycles. The number of amides is 1. The lowest BCUT2D eigenvalue weighted by Gasteiger charge is -2.22. The lowest BCUT2D eigenvalue weighted by molar-refractivity contribution is -0.122. The average molecular weight is 323 g/mol. The van der Waals surface area contributed by atoms with Gasteiger partial charge in [-0.1, -0.05) is 37.3 Å². The summed E-state index contributed by atoms with van der Waals surface area (Å²) in [5, 5.41) is 3.00. The summed E-state index contributed by atoms with van der Waals surface area (Å²) >= 11 is 0. The van der Waals surface area contributed by atoms with Gasteiger partial charge in [-0.05, 0) is 67.9 Å². The Labute approximate surface area is 144 Å². The maximum Gasteiger partial charge on any atom is 0.265 e. The third-order valence-corrected chi connectivity index (χ3v) is 4.68. The Hall–Kier alpha value is -2.29. The van der Waals surface area contributed by atoms with Gasteiger partial charge in [0.15, 0.2) is 6.10 Å². The van der Waals surface area contributed by atoms with Crippen LogP contribution < -0.4 is 10.1 Å². The van der Waals surface area contributed by atoms with E-state index < -0.39 is 6.10 Å². The monoisotopic (exact) mass is 323 g/mol. The second-order valence-corrected chi connectivity index (χ2v) is 6.36. The van der Waals surface area contributed by atoms with Crippen LogP contribution in [0, 0.1) is 0 Å². The topological polar surface area (TPSA) is 38.3 Å². The molecule has 0 spiro atoms. The van der Waals surface area contributed by atoms with Crippen LogP contribution in [0.5, 0.6) is 5.75 Å². The summed E-state index contributed by atoms with van der Waals surface area (Å²) in [7, 11) is 0. The van der Waals surface area contributed by atoms with Gasteiger partial charge in [0.25, 0.3) is 5.91 Å². The number of fused-ring (bicyclic) bond motifs is 1. The van der Waals surface area contributed by atoms with Gasteiger partial charge >= 0.3 is 0 Å². The second-order valence-electron chi connectivity index (χ2n) is 6.36. The van der Waals surface area contributed by atoms with Crippen molar-refractivity contribution in [2.24, 2.45) is 0 Å². The van der Waals surface area contributed by atoms with Crippen molar-refractivity contribution in [1.29, 1.82) is 0 Å². The Morgan fingerprint density at radius 3 is 2.75 bits per heavy atom. The molecule has 3 heteroatoms. The van der Waals surface area contributed by atoms with Crippen molar-refractivity contribution in [2.75, 3.05) is 5.32 Å². The molecule has 2 aromatic rings. The van der Waals surface area contributed by atoms with Gasteiger partial charge in [-0.25, -0.2) is 0 Å². The zero-order valence-corrected chi connectivity index (χ0v) is 14.5. The van der Waals surface area contributed by atoms with Crippen molar-refractivity contribution in [2.45, 2.75) is 52.1 Å². The molecular weight excluding hydrogens is 298 g/mol. The first kappa shape index (κ1) is 16.6. The van der Waals surface area contributed by atoms with E-state index in [-0.39, 0.29) is 5.91 Å².